The van der Waals surface area contributed by atoms with Crippen LogP contribution in [0.25, 0.3) is 0 Å². The summed E-state index contributed by atoms with van der Waals surface area (Å²) in [5.41, 5.74) is -2.12. The van der Waals surface area contributed by atoms with E-state index >= 15 is 0 Å². The van der Waals surface area contributed by atoms with E-state index in [0.717, 1.165) is 6.07 Å². The lowest BCUT2D eigenvalue weighted by Crippen LogP contribution is -2.07. The number of nitrogens with zero attached hydrogens (tertiary/aromatic N) is 3. The smallest absolute Gasteiger partial charge is 0.258 e. The van der Waals surface area contributed by atoms with Crippen molar-refractivity contribution < 1.29 is 14.8 Å². The average molecular weight is 269 g/mol. The molecule has 0 saturated carbocycles. The topological polar surface area (TPSA) is 129 Å². The SMILES string of the molecule is CCc1cc([N+](=O)[O-])c(CC)c([N+](=O)[O-])c1[N+](=O)[O-]. The van der Waals surface area contributed by atoms with Gasteiger partial charge in [0.2, 0.25) is 0 Å². The van der Waals surface area contributed by atoms with Gasteiger partial charge in [-0.15, -0.1) is 0 Å². The largest absolute Gasteiger partial charge is 0.356 e. The van der Waals surface area contributed by atoms with Crippen molar-refractivity contribution in [1.82, 2.24) is 0 Å². The molecule has 9 nitrogen and oxygen atoms in total. The highest BCUT2D eigenvalue weighted by Gasteiger charge is 2.37. The molecule has 1 aromatic carbocycles. The van der Waals surface area contributed by atoms with E-state index in [9.17, 15) is 30.3 Å². The monoisotopic (exact) mass is 269 g/mol. The fraction of sp³-hybridized carbons (Fsp3) is 0.400. The van der Waals surface area contributed by atoms with Crippen molar-refractivity contribution in [2.75, 3.05) is 0 Å². The van der Waals surface area contributed by atoms with Gasteiger partial charge < -0.3 is 0 Å². The maximum absolute atomic E-state index is 11.0. The van der Waals surface area contributed by atoms with Gasteiger partial charge in [0.15, 0.2) is 0 Å². The van der Waals surface area contributed by atoms with Crippen LogP contribution in [0.1, 0.15) is 25.0 Å². The van der Waals surface area contributed by atoms with Crippen molar-refractivity contribution in [2.45, 2.75) is 26.7 Å². The summed E-state index contributed by atoms with van der Waals surface area (Å²) in [5.74, 6) is 0. The molecule has 0 aliphatic rings. The third kappa shape index (κ3) is 2.49. The summed E-state index contributed by atoms with van der Waals surface area (Å²) >= 11 is 0. The Morgan fingerprint density at radius 1 is 0.895 bits per heavy atom. The van der Waals surface area contributed by atoms with E-state index in [2.05, 4.69) is 0 Å². The molecule has 0 saturated heterocycles. The molecule has 0 atom stereocenters. The Balaban J connectivity index is 3.88. The molecule has 9 heteroatoms. The van der Waals surface area contributed by atoms with Crippen LogP contribution < -0.4 is 0 Å². The molecular formula is C10H11N3O6. The molecular weight excluding hydrogens is 258 g/mol. The minimum atomic E-state index is -0.927. The maximum Gasteiger partial charge on any atom is 0.356 e. The molecule has 0 N–H and O–H groups in total. The molecule has 0 radical (unpaired) electrons. The maximum atomic E-state index is 11.0. The molecule has 0 unspecified atom stereocenters. The molecule has 1 aromatic rings. The van der Waals surface area contributed by atoms with Crippen molar-refractivity contribution in [3.05, 3.63) is 47.5 Å². The minimum absolute atomic E-state index is 0.0133. The Hall–Kier alpha value is -2.58. The van der Waals surface area contributed by atoms with E-state index in [1.165, 1.54) is 6.92 Å². The van der Waals surface area contributed by atoms with Crippen LogP contribution in [0.4, 0.5) is 17.1 Å². The molecule has 0 amide bonds. The van der Waals surface area contributed by atoms with E-state index in [1.807, 2.05) is 0 Å². The first-order valence-corrected chi connectivity index (χ1v) is 5.46. The fourth-order valence-electron chi connectivity index (χ4n) is 1.92. The number of rotatable bonds is 5. The van der Waals surface area contributed by atoms with Crippen LogP contribution in [0.3, 0.4) is 0 Å². The van der Waals surface area contributed by atoms with Crippen molar-refractivity contribution in [3.63, 3.8) is 0 Å². The van der Waals surface area contributed by atoms with Gasteiger partial charge in [-0.05, 0) is 12.8 Å². The van der Waals surface area contributed by atoms with Crippen LogP contribution in [0.2, 0.25) is 0 Å². The van der Waals surface area contributed by atoms with Crippen molar-refractivity contribution in [3.8, 4) is 0 Å². The van der Waals surface area contributed by atoms with Gasteiger partial charge in [0.05, 0.1) is 14.8 Å². The van der Waals surface area contributed by atoms with E-state index < -0.39 is 31.8 Å². The number of hydrogen-bond acceptors (Lipinski definition) is 6. The Kier molecular flexibility index (Phi) is 4.10. The highest BCUT2D eigenvalue weighted by atomic mass is 16.6. The summed E-state index contributed by atoms with van der Waals surface area (Å²) in [5, 5.41) is 32.9. The van der Waals surface area contributed by atoms with Gasteiger partial charge in [0.25, 0.3) is 5.69 Å². The second-order valence-electron chi connectivity index (χ2n) is 3.71. The average Bonchev–Trinajstić information content (AvgIpc) is 2.35. The highest BCUT2D eigenvalue weighted by molar-refractivity contribution is 5.69. The Morgan fingerprint density at radius 2 is 1.42 bits per heavy atom. The first-order chi connectivity index (χ1) is 8.84. The first kappa shape index (κ1) is 14.5. The van der Waals surface area contributed by atoms with Gasteiger partial charge in [-0.25, -0.2) is 0 Å². The fourth-order valence-corrected chi connectivity index (χ4v) is 1.92. The molecule has 0 fully saturated rings. The lowest BCUT2D eigenvalue weighted by Gasteiger charge is -2.06. The summed E-state index contributed by atoms with van der Waals surface area (Å²) < 4.78 is 0. The van der Waals surface area contributed by atoms with Crippen LogP contribution >= 0.6 is 0 Å². The molecule has 0 heterocycles. The van der Waals surface area contributed by atoms with E-state index in [4.69, 9.17) is 0 Å². The van der Waals surface area contributed by atoms with Crippen LogP contribution in [-0.2, 0) is 12.8 Å². The van der Waals surface area contributed by atoms with Gasteiger partial charge in [0.1, 0.15) is 5.56 Å². The molecule has 0 spiro atoms. The summed E-state index contributed by atoms with van der Waals surface area (Å²) in [6.45, 7) is 3.02. The van der Waals surface area contributed by atoms with E-state index in [1.54, 1.807) is 6.92 Å². The quantitative estimate of drug-likeness (QED) is 0.596. The van der Waals surface area contributed by atoms with Crippen molar-refractivity contribution in [2.24, 2.45) is 0 Å². The van der Waals surface area contributed by atoms with Gasteiger partial charge in [-0.3, -0.25) is 30.3 Å². The lowest BCUT2D eigenvalue weighted by atomic mass is 10.0. The van der Waals surface area contributed by atoms with Gasteiger partial charge in [0, 0.05) is 11.6 Å². The third-order valence-corrected chi connectivity index (χ3v) is 2.73. The van der Waals surface area contributed by atoms with E-state index in [-0.39, 0.29) is 24.0 Å². The van der Waals surface area contributed by atoms with Gasteiger partial charge in [-0.1, -0.05) is 13.8 Å². The van der Waals surface area contributed by atoms with Crippen LogP contribution in [0.15, 0.2) is 6.07 Å². The number of nitro benzene ring substituents is 3. The summed E-state index contributed by atoms with van der Waals surface area (Å²) in [6, 6.07) is 1.05. The molecule has 0 bridgehead atoms. The lowest BCUT2D eigenvalue weighted by molar-refractivity contribution is -0.425. The summed E-state index contributed by atoms with van der Waals surface area (Å²) in [7, 11) is 0. The van der Waals surface area contributed by atoms with Gasteiger partial charge in [-0.2, -0.15) is 0 Å². The third-order valence-electron chi connectivity index (χ3n) is 2.73. The zero-order valence-electron chi connectivity index (χ0n) is 10.3. The molecule has 0 aliphatic heterocycles. The first-order valence-electron chi connectivity index (χ1n) is 5.46. The van der Waals surface area contributed by atoms with Crippen LogP contribution in [0.5, 0.6) is 0 Å². The summed E-state index contributed by atoms with van der Waals surface area (Å²) in [6.07, 6.45) is 0.0689. The Labute approximate surface area is 107 Å². The van der Waals surface area contributed by atoms with Crippen LogP contribution in [0, 0.1) is 30.3 Å². The minimum Gasteiger partial charge on any atom is -0.258 e. The molecule has 19 heavy (non-hydrogen) atoms. The molecule has 0 aromatic heterocycles. The highest BCUT2D eigenvalue weighted by Crippen LogP contribution is 2.40. The number of aryl methyl sites for hydroxylation is 1. The second-order valence-corrected chi connectivity index (χ2v) is 3.71. The standard InChI is InChI=1S/C10H11N3O6/c1-3-6-5-8(11(14)15)7(4-2)10(13(18)19)9(6)12(16)17/h5H,3-4H2,1-2H3. The molecule has 102 valence electrons. The Morgan fingerprint density at radius 3 is 1.74 bits per heavy atom. The zero-order valence-corrected chi connectivity index (χ0v) is 10.3. The van der Waals surface area contributed by atoms with Crippen LogP contribution in [-0.4, -0.2) is 14.8 Å². The van der Waals surface area contributed by atoms with Gasteiger partial charge >= 0.3 is 11.4 Å². The van der Waals surface area contributed by atoms with E-state index in [0.29, 0.717) is 0 Å². The number of hydrogen-bond donors (Lipinski definition) is 0. The Bertz CT molecular complexity index is 569. The second kappa shape index (κ2) is 5.38. The number of benzene rings is 1. The summed E-state index contributed by atoms with van der Waals surface area (Å²) in [4.78, 5) is 30.4. The predicted molar refractivity (Wildman–Crippen MR) is 65.2 cm³/mol. The number of nitro groups is 3. The normalized spacial score (nSPS) is 10.2. The van der Waals surface area contributed by atoms with Crippen molar-refractivity contribution in [1.29, 1.82) is 0 Å². The zero-order chi connectivity index (χ0) is 14.7. The molecule has 0 aliphatic carbocycles. The molecule has 1 rings (SSSR count). The van der Waals surface area contributed by atoms with Crippen molar-refractivity contribution >= 4 is 17.1 Å². The predicted octanol–water partition coefficient (Wildman–Crippen LogP) is 2.54.